The summed E-state index contributed by atoms with van der Waals surface area (Å²) in [7, 11) is 2.52. The second kappa shape index (κ2) is 9.05. The first kappa shape index (κ1) is 18.0. The summed E-state index contributed by atoms with van der Waals surface area (Å²) in [4.78, 5) is 22.9. The molecule has 0 bridgehead atoms. The van der Waals surface area contributed by atoms with Crippen molar-refractivity contribution in [3.63, 3.8) is 0 Å². The van der Waals surface area contributed by atoms with Gasteiger partial charge in [-0.3, -0.25) is 0 Å². The number of ether oxygens (including phenoxy) is 2. The van der Waals surface area contributed by atoms with Gasteiger partial charge in [-0.25, -0.2) is 9.59 Å². The number of nitrogens with zero attached hydrogens (tertiary/aromatic N) is 1. The molecule has 0 fully saturated rings. The van der Waals surface area contributed by atoms with Crippen LogP contribution in [0.5, 0.6) is 0 Å². The van der Waals surface area contributed by atoms with Gasteiger partial charge in [-0.2, -0.15) is 5.26 Å². The fourth-order valence-corrected chi connectivity index (χ4v) is 1.70. The average Bonchev–Trinajstić information content (AvgIpc) is 2.59. The molecule has 1 aromatic rings. The zero-order valence-electron chi connectivity index (χ0n) is 13.3. The van der Waals surface area contributed by atoms with Gasteiger partial charge in [0.25, 0.3) is 0 Å². The minimum absolute atomic E-state index is 0.228. The number of rotatable bonds is 6. The van der Waals surface area contributed by atoms with Crippen molar-refractivity contribution >= 4 is 11.9 Å². The van der Waals surface area contributed by atoms with Gasteiger partial charge >= 0.3 is 11.9 Å². The summed E-state index contributed by atoms with van der Waals surface area (Å²) in [6.45, 7) is 2.17. The topological polar surface area (TPSA) is 88.4 Å². The summed E-state index contributed by atoms with van der Waals surface area (Å²) >= 11 is 0. The number of nitrogens with one attached hydrogen (secondary N) is 1. The zero-order valence-corrected chi connectivity index (χ0v) is 13.3. The van der Waals surface area contributed by atoms with Crippen LogP contribution in [-0.2, 0) is 25.6 Å². The van der Waals surface area contributed by atoms with E-state index in [4.69, 9.17) is 10.00 Å². The second-order valence-corrected chi connectivity index (χ2v) is 4.55. The third kappa shape index (κ3) is 5.67. The number of hydrogen-bond acceptors (Lipinski definition) is 6. The second-order valence-electron chi connectivity index (χ2n) is 4.55. The van der Waals surface area contributed by atoms with Crippen LogP contribution < -0.4 is 5.32 Å². The summed E-state index contributed by atoms with van der Waals surface area (Å²) in [5, 5.41) is 11.8. The first-order valence-corrected chi connectivity index (χ1v) is 6.80. The van der Waals surface area contributed by atoms with Crippen molar-refractivity contribution in [3.8, 4) is 6.07 Å². The standard InChI is InChI=1S/C17H18N2O4/c1-12(15(17(21)23-3)8-9-16(20)22-2)19-11-14-6-4-13(10-18)5-7-14/h4-9,19H,11H2,1-3H3. The van der Waals surface area contributed by atoms with Gasteiger partial charge in [-0.15, -0.1) is 0 Å². The summed E-state index contributed by atoms with van der Waals surface area (Å²) < 4.78 is 9.20. The largest absolute Gasteiger partial charge is 0.466 e. The van der Waals surface area contributed by atoms with Crippen molar-refractivity contribution < 1.29 is 19.1 Å². The van der Waals surface area contributed by atoms with E-state index in [0.29, 0.717) is 17.8 Å². The number of hydrogen-bond donors (Lipinski definition) is 1. The lowest BCUT2D eigenvalue weighted by atomic mass is 10.1. The van der Waals surface area contributed by atoms with Gasteiger partial charge in [0.05, 0.1) is 31.4 Å². The van der Waals surface area contributed by atoms with Crippen LogP contribution in [0, 0.1) is 11.3 Å². The fourth-order valence-electron chi connectivity index (χ4n) is 1.70. The molecule has 0 aliphatic carbocycles. The number of carbonyl (C=O) groups excluding carboxylic acids is 2. The Morgan fingerprint density at radius 3 is 2.35 bits per heavy atom. The Morgan fingerprint density at radius 2 is 1.83 bits per heavy atom. The molecule has 23 heavy (non-hydrogen) atoms. The van der Waals surface area contributed by atoms with Gasteiger partial charge in [0.15, 0.2) is 0 Å². The van der Waals surface area contributed by atoms with Crippen LogP contribution in [0.4, 0.5) is 0 Å². The van der Waals surface area contributed by atoms with E-state index in [9.17, 15) is 9.59 Å². The molecule has 0 amide bonds. The molecule has 0 spiro atoms. The van der Waals surface area contributed by atoms with Gasteiger partial charge in [-0.05, 0) is 30.7 Å². The quantitative estimate of drug-likeness (QED) is 0.489. The summed E-state index contributed by atoms with van der Waals surface area (Å²) in [6.07, 6.45) is 2.50. The summed E-state index contributed by atoms with van der Waals surface area (Å²) in [6, 6.07) is 9.12. The van der Waals surface area contributed by atoms with E-state index in [1.807, 2.05) is 18.2 Å². The van der Waals surface area contributed by atoms with Gasteiger partial charge in [-0.1, -0.05) is 12.1 Å². The van der Waals surface area contributed by atoms with Gasteiger partial charge in [0.1, 0.15) is 0 Å². The molecule has 0 saturated carbocycles. The lowest BCUT2D eigenvalue weighted by Crippen LogP contribution is -2.16. The van der Waals surface area contributed by atoms with Crippen LogP contribution in [0.3, 0.4) is 0 Å². The molecule has 0 aromatic heterocycles. The number of allylic oxidation sites excluding steroid dienone is 1. The Balaban J connectivity index is 2.88. The van der Waals surface area contributed by atoms with Gasteiger partial charge in [0, 0.05) is 18.3 Å². The van der Waals surface area contributed by atoms with E-state index >= 15 is 0 Å². The van der Waals surface area contributed by atoms with Crippen molar-refractivity contribution in [3.05, 3.63) is 58.8 Å². The lowest BCUT2D eigenvalue weighted by molar-refractivity contribution is -0.135. The Labute approximate surface area is 135 Å². The Hall–Kier alpha value is -3.07. The maximum atomic E-state index is 11.8. The minimum atomic E-state index is -0.564. The van der Waals surface area contributed by atoms with Crippen molar-refractivity contribution in [2.45, 2.75) is 13.5 Å². The molecule has 6 nitrogen and oxygen atoms in total. The average molecular weight is 314 g/mol. The van der Waals surface area contributed by atoms with E-state index < -0.39 is 11.9 Å². The molecule has 6 heteroatoms. The molecular formula is C17H18N2O4. The predicted octanol–water partition coefficient (Wildman–Crippen LogP) is 1.82. The third-order valence-corrected chi connectivity index (χ3v) is 3.04. The summed E-state index contributed by atoms with van der Waals surface area (Å²) in [5.41, 5.74) is 2.31. The highest BCUT2D eigenvalue weighted by atomic mass is 16.5. The molecule has 0 heterocycles. The van der Waals surface area contributed by atoms with Crippen molar-refractivity contribution in [2.24, 2.45) is 0 Å². The van der Waals surface area contributed by atoms with Crippen LogP contribution in [0.1, 0.15) is 18.1 Å². The van der Waals surface area contributed by atoms with E-state index in [2.05, 4.69) is 10.1 Å². The maximum Gasteiger partial charge on any atom is 0.339 e. The third-order valence-electron chi connectivity index (χ3n) is 3.04. The van der Waals surface area contributed by atoms with Crippen molar-refractivity contribution in [1.82, 2.24) is 5.32 Å². The van der Waals surface area contributed by atoms with E-state index in [-0.39, 0.29) is 5.57 Å². The Morgan fingerprint density at radius 1 is 1.17 bits per heavy atom. The Bertz CT molecular complexity index is 667. The molecule has 0 atom stereocenters. The first-order valence-electron chi connectivity index (χ1n) is 6.80. The molecule has 120 valence electrons. The highest BCUT2D eigenvalue weighted by Gasteiger charge is 2.11. The number of methoxy groups -OCH3 is 2. The highest BCUT2D eigenvalue weighted by Crippen LogP contribution is 2.09. The van der Waals surface area contributed by atoms with Crippen molar-refractivity contribution in [1.29, 1.82) is 5.26 Å². The van der Waals surface area contributed by atoms with Gasteiger partial charge < -0.3 is 14.8 Å². The molecule has 0 radical (unpaired) electrons. The van der Waals surface area contributed by atoms with E-state index in [0.717, 1.165) is 11.6 Å². The molecular weight excluding hydrogens is 296 g/mol. The van der Waals surface area contributed by atoms with Crippen LogP contribution in [0.2, 0.25) is 0 Å². The smallest absolute Gasteiger partial charge is 0.339 e. The Kier molecular flexibility index (Phi) is 7.08. The predicted molar refractivity (Wildman–Crippen MR) is 83.9 cm³/mol. The normalized spacial score (nSPS) is 11.4. The minimum Gasteiger partial charge on any atom is -0.466 e. The number of carbonyl (C=O) groups is 2. The van der Waals surface area contributed by atoms with Crippen LogP contribution >= 0.6 is 0 Å². The molecule has 0 aliphatic heterocycles. The molecule has 1 rings (SSSR count). The van der Waals surface area contributed by atoms with Gasteiger partial charge in [0.2, 0.25) is 0 Å². The maximum absolute atomic E-state index is 11.8. The van der Waals surface area contributed by atoms with E-state index in [1.165, 1.54) is 20.3 Å². The van der Waals surface area contributed by atoms with Crippen molar-refractivity contribution in [2.75, 3.05) is 14.2 Å². The number of nitriles is 1. The lowest BCUT2D eigenvalue weighted by Gasteiger charge is -2.10. The highest BCUT2D eigenvalue weighted by molar-refractivity contribution is 5.94. The SMILES string of the molecule is COC(=O)C=CC(C(=O)OC)=C(C)NCc1ccc(C#N)cc1. The summed E-state index contributed by atoms with van der Waals surface area (Å²) in [5.74, 6) is -1.12. The molecule has 0 unspecified atom stereocenters. The van der Waals surface area contributed by atoms with Crippen LogP contribution in [-0.4, -0.2) is 26.2 Å². The van der Waals surface area contributed by atoms with Crippen LogP contribution in [0.15, 0.2) is 47.7 Å². The molecule has 1 N–H and O–H groups in total. The fraction of sp³-hybridized carbons (Fsp3) is 0.235. The van der Waals surface area contributed by atoms with E-state index in [1.54, 1.807) is 19.1 Å². The molecule has 0 saturated heterocycles. The number of benzene rings is 1. The zero-order chi connectivity index (χ0) is 17.2. The molecule has 1 aromatic carbocycles. The number of esters is 2. The first-order chi connectivity index (χ1) is 11.0. The van der Waals surface area contributed by atoms with Crippen LogP contribution in [0.25, 0.3) is 0 Å². The monoisotopic (exact) mass is 314 g/mol. The molecule has 0 aliphatic rings.